The average Bonchev–Trinajstić information content (AvgIpc) is 3.71. The first-order chi connectivity index (χ1) is 18.8. The summed E-state index contributed by atoms with van der Waals surface area (Å²) >= 11 is 0. The average molecular weight is 489 g/mol. The minimum Gasteiger partial charge on any atom is -0.444 e. The molecular weight excluding hydrogens is 468 g/mol. The lowest BCUT2D eigenvalue weighted by atomic mass is 9.89. The van der Waals surface area contributed by atoms with E-state index in [2.05, 4.69) is 94.9 Å². The van der Waals surface area contributed by atoms with Crippen molar-refractivity contribution in [2.75, 3.05) is 0 Å². The lowest BCUT2D eigenvalue weighted by Gasteiger charge is -2.15. The predicted octanol–water partition coefficient (Wildman–Crippen LogP) is 9.23. The Morgan fingerprint density at radius 1 is 0.395 bits per heavy atom. The van der Waals surface area contributed by atoms with Crippen LogP contribution < -0.4 is 0 Å². The van der Waals surface area contributed by atoms with Crippen LogP contribution in [0.3, 0.4) is 0 Å². The van der Waals surface area contributed by atoms with Gasteiger partial charge in [-0.15, -0.1) is 0 Å². The van der Waals surface area contributed by atoms with E-state index in [0.717, 1.165) is 33.8 Å². The summed E-state index contributed by atoms with van der Waals surface area (Å²) in [5, 5.41) is 7.55. The number of nitrogens with zero attached hydrogens (tertiary/aromatic N) is 2. The third-order valence-corrected chi connectivity index (χ3v) is 7.36. The monoisotopic (exact) mass is 488 g/mol. The van der Waals surface area contributed by atoms with Gasteiger partial charge in [-0.1, -0.05) is 60.7 Å². The van der Waals surface area contributed by atoms with E-state index < -0.39 is 0 Å². The molecule has 0 aliphatic carbocycles. The molecule has 0 aliphatic heterocycles. The molecule has 6 aromatic carbocycles. The van der Waals surface area contributed by atoms with Gasteiger partial charge in [-0.2, -0.15) is 0 Å². The van der Waals surface area contributed by atoms with E-state index in [0.29, 0.717) is 0 Å². The van der Waals surface area contributed by atoms with Gasteiger partial charge in [0.15, 0.2) is 24.3 Å². The Kier molecular flexibility index (Phi) is 4.49. The molecule has 0 amide bonds. The van der Waals surface area contributed by atoms with Crippen LogP contribution in [0.15, 0.2) is 131 Å². The van der Waals surface area contributed by atoms with E-state index in [-0.39, 0.29) is 0 Å². The first-order valence-electron chi connectivity index (χ1n) is 12.5. The molecular formula is C34H20N2O2. The van der Waals surface area contributed by atoms with Gasteiger partial charge in [0, 0.05) is 11.1 Å². The summed E-state index contributed by atoms with van der Waals surface area (Å²) in [5.41, 5.74) is 6.70. The van der Waals surface area contributed by atoms with Crippen LogP contribution in [-0.2, 0) is 0 Å². The molecule has 2 heterocycles. The van der Waals surface area contributed by atoms with Gasteiger partial charge in [-0.3, -0.25) is 0 Å². The van der Waals surface area contributed by atoms with E-state index in [1.807, 2.05) is 12.1 Å². The Morgan fingerprint density at radius 2 is 0.789 bits per heavy atom. The molecule has 0 spiro atoms. The molecule has 4 heteroatoms. The fourth-order valence-electron chi connectivity index (χ4n) is 5.59. The van der Waals surface area contributed by atoms with E-state index in [9.17, 15) is 0 Å². The van der Waals surface area contributed by atoms with Gasteiger partial charge in [0.2, 0.25) is 0 Å². The van der Waals surface area contributed by atoms with Crippen molar-refractivity contribution in [2.24, 2.45) is 0 Å². The second-order valence-electron chi connectivity index (χ2n) is 9.62. The Labute approximate surface area is 218 Å². The molecule has 178 valence electrons. The van der Waals surface area contributed by atoms with Gasteiger partial charge in [0.25, 0.3) is 0 Å². The molecule has 8 rings (SSSR count). The van der Waals surface area contributed by atoms with Gasteiger partial charge in [0.05, 0.1) is 12.4 Å². The van der Waals surface area contributed by atoms with E-state index in [1.165, 1.54) is 56.2 Å². The smallest absolute Gasteiger partial charge is 0.181 e. The van der Waals surface area contributed by atoms with Crippen molar-refractivity contribution >= 4 is 32.3 Å². The molecule has 0 aliphatic rings. The Balaban J connectivity index is 1.27. The third-order valence-electron chi connectivity index (χ3n) is 7.36. The van der Waals surface area contributed by atoms with Crippen LogP contribution in [0.2, 0.25) is 0 Å². The lowest BCUT2D eigenvalue weighted by molar-refractivity contribution is 0.571. The van der Waals surface area contributed by atoms with Crippen molar-refractivity contribution in [3.63, 3.8) is 0 Å². The largest absolute Gasteiger partial charge is 0.444 e. The van der Waals surface area contributed by atoms with Gasteiger partial charge >= 0.3 is 0 Å². The molecule has 0 fully saturated rings. The molecule has 2 aromatic heterocycles. The minimum atomic E-state index is 0.770. The number of rotatable bonds is 4. The number of hydrogen-bond donors (Lipinski definition) is 0. The fourth-order valence-corrected chi connectivity index (χ4v) is 5.59. The van der Waals surface area contributed by atoms with Crippen molar-refractivity contribution in [3.8, 4) is 44.9 Å². The summed E-state index contributed by atoms with van der Waals surface area (Å²) in [4.78, 5) is 8.13. The summed E-state index contributed by atoms with van der Waals surface area (Å²) in [6, 6.07) is 34.9. The first kappa shape index (κ1) is 20.9. The van der Waals surface area contributed by atoms with Crippen molar-refractivity contribution in [1.82, 2.24) is 9.97 Å². The number of hydrogen-bond acceptors (Lipinski definition) is 4. The topological polar surface area (TPSA) is 52.1 Å². The van der Waals surface area contributed by atoms with E-state index >= 15 is 0 Å². The van der Waals surface area contributed by atoms with Gasteiger partial charge in [0.1, 0.15) is 0 Å². The van der Waals surface area contributed by atoms with Gasteiger partial charge < -0.3 is 8.83 Å². The highest BCUT2D eigenvalue weighted by molar-refractivity contribution is 6.24. The summed E-state index contributed by atoms with van der Waals surface area (Å²) in [5.74, 6) is 1.54. The highest BCUT2D eigenvalue weighted by Crippen LogP contribution is 2.40. The highest BCUT2D eigenvalue weighted by atomic mass is 16.3. The summed E-state index contributed by atoms with van der Waals surface area (Å²) in [6.45, 7) is 0. The van der Waals surface area contributed by atoms with Crippen LogP contribution in [0.25, 0.3) is 77.2 Å². The van der Waals surface area contributed by atoms with Crippen LogP contribution in [0.4, 0.5) is 0 Å². The Bertz CT molecular complexity index is 1860. The zero-order chi connectivity index (χ0) is 25.1. The summed E-state index contributed by atoms with van der Waals surface area (Å²) in [7, 11) is 0. The lowest BCUT2D eigenvalue weighted by Crippen LogP contribution is -1.88. The molecule has 0 unspecified atom stereocenters. The van der Waals surface area contributed by atoms with Crippen LogP contribution in [0, 0.1) is 0 Å². The third kappa shape index (κ3) is 3.31. The minimum absolute atomic E-state index is 0.770. The number of benzene rings is 6. The molecule has 8 aromatic rings. The maximum absolute atomic E-state index is 5.52. The maximum atomic E-state index is 5.52. The quantitative estimate of drug-likeness (QED) is 0.232. The second-order valence-corrected chi connectivity index (χ2v) is 9.62. The maximum Gasteiger partial charge on any atom is 0.181 e. The van der Waals surface area contributed by atoms with Crippen LogP contribution in [-0.4, -0.2) is 9.97 Å². The number of oxazole rings is 2. The molecule has 0 N–H and O–H groups in total. The van der Waals surface area contributed by atoms with E-state index in [1.54, 1.807) is 12.4 Å². The standard InChI is InChI=1S/C34H20N2O2/c1-3-21(11-23(5-1)31-17-35-19-37-31)29-13-25-7-9-27-15-30(16-28-10-8-26(14-29)33(25)34(27)28)22-4-2-6-24(12-22)32-18-36-20-38-32/h1-20H. The van der Waals surface area contributed by atoms with Crippen LogP contribution in [0.1, 0.15) is 0 Å². The van der Waals surface area contributed by atoms with Crippen molar-refractivity contribution in [3.05, 3.63) is 122 Å². The van der Waals surface area contributed by atoms with Crippen molar-refractivity contribution in [1.29, 1.82) is 0 Å². The molecule has 4 nitrogen and oxygen atoms in total. The Morgan fingerprint density at radius 3 is 1.16 bits per heavy atom. The summed E-state index contributed by atoms with van der Waals surface area (Å²) in [6.07, 6.45) is 6.43. The molecule has 0 radical (unpaired) electrons. The zero-order valence-electron chi connectivity index (χ0n) is 20.3. The Hall–Kier alpha value is -5.22. The molecule has 0 bridgehead atoms. The normalized spacial score (nSPS) is 11.7. The zero-order valence-corrected chi connectivity index (χ0v) is 20.3. The molecule has 38 heavy (non-hydrogen) atoms. The molecule has 0 saturated carbocycles. The van der Waals surface area contributed by atoms with E-state index in [4.69, 9.17) is 8.83 Å². The first-order valence-corrected chi connectivity index (χ1v) is 12.5. The molecule has 0 saturated heterocycles. The van der Waals surface area contributed by atoms with Crippen molar-refractivity contribution in [2.45, 2.75) is 0 Å². The second kappa shape index (κ2) is 8.15. The van der Waals surface area contributed by atoms with Gasteiger partial charge in [-0.05, 0) is 91.0 Å². The van der Waals surface area contributed by atoms with Crippen LogP contribution >= 0.6 is 0 Å². The summed E-state index contributed by atoms with van der Waals surface area (Å²) < 4.78 is 11.0. The fraction of sp³-hybridized carbons (Fsp3) is 0. The SMILES string of the molecule is c1cc(-c2cc3ccc4cc(-c5cccc(-c6cnco6)c5)cc5ccc(c2)c3c45)cc(-c2cnco2)c1. The molecule has 0 atom stereocenters. The van der Waals surface area contributed by atoms with Crippen LogP contribution in [0.5, 0.6) is 0 Å². The van der Waals surface area contributed by atoms with Gasteiger partial charge in [-0.25, -0.2) is 9.97 Å². The number of aromatic nitrogens is 2. The highest BCUT2D eigenvalue weighted by Gasteiger charge is 2.13. The predicted molar refractivity (Wildman–Crippen MR) is 152 cm³/mol. The van der Waals surface area contributed by atoms with Crippen molar-refractivity contribution < 1.29 is 8.83 Å².